The van der Waals surface area contributed by atoms with Gasteiger partial charge in [-0.15, -0.1) is 11.3 Å². The largest absolute Gasteiger partial charge is 0.315 e. The molecule has 16 heavy (non-hydrogen) atoms. The molecule has 0 bridgehead atoms. The molecule has 2 rings (SSSR count). The molecule has 2 heterocycles. The lowest BCUT2D eigenvalue weighted by Crippen LogP contribution is -2.33. The Labute approximate surface area is 103 Å². The summed E-state index contributed by atoms with van der Waals surface area (Å²) in [7, 11) is 0. The van der Waals surface area contributed by atoms with Gasteiger partial charge < -0.3 is 5.32 Å². The van der Waals surface area contributed by atoms with Crippen LogP contribution in [0.4, 0.5) is 0 Å². The van der Waals surface area contributed by atoms with Crippen LogP contribution in [0.3, 0.4) is 0 Å². The number of hydrogen-bond acceptors (Lipinski definition) is 3. The van der Waals surface area contributed by atoms with Gasteiger partial charge in [0.2, 0.25) is 0 Å². The van der Waals surface area contributed by atoms with Crippen LogP contribution < -0.4 is 5.32 Å². The molecule has 1 unspecified atom stereocenters. The maximum Gasteiger partial charge on any atom is 0.0331 e. The average Bonchev–Trinajstić information content (AvgIpc) is 2.65. The minimum absolute atomic E-state index is 0.710. The van der Waals surface area contributed by atoms with E-state index in [1.165, 1.54) is 35.7 Å². The molecule has 0 amide bonds. The van der Waals surface area contributed by atoms with Crippen LogP contribution in [0.2, 0.25) is 0 Å². The molecule has 1 fully saturated rings. The van der Waals surface area contributed by atoms with Crippen molar-refractivity contribution in [2.45, 2.75) is 39.3 Å². The Morgan fingerprint density at radius 1 is 1.38 bits per heavy atom. The summed E-state index contributed by atoms with van der Waals surface area (Å²) in [6.07, 6.45) is 2.44. The van der Waals surface area contributed by atoms with Gasteiger partial charge in [-0.05, 0) is 38.4 Å². The summed E-state index contributed by atoms with van der Waals surface area (Å²) in [5, 5.41) is 3.47. The van der Waals surface area contributed by atoms with Crippen LogP contribution in [0.25, 0.3) is 0 Å². The minimum atomic E-state index is 0.710. The maximum absolute atomic E-state index is 3.47. The molecule has 0 radical (unpaired) electrons. The zero-order valence-corrected chi connectivity index (χ0v) is 11.1. The van der Waals surface area contributed by atoms with Crippen LogP contribution >= 0.6 is 11.3 Å². The van der Waals surface area contributed by atoms with Crippen LogP contribution in [0.15, 0.2) is 12.1 Å². The van der Waals surface area contributed by atoms with E-state index in [2.05, 4.69) is 36.2 Å². The van der Waals surface area contributed by atoms with Gasteiger partial charge >= 0.3 is 0 Å². The highest BCUT2D eigenvalue weighted by Gasteiger charge is 2.17. The summed E-state index contributed by atoms with van der Waals surface area (Å²) in [6.45, 7) is 9.20. The molecule has 0 aromatic carbocycles. The quantitative estimate of drug-likeness (QED) is 0.870. The Bertz CT molecular complexity index is 321. The first kappa shape index (κ1) is 12.1. The molecule has 1 aliphatic heterocycles. The number of aryl methyl sites for hydroxylation is 1. The van der Waals surface area contributed by atoms with Gasteiger partial charge in [0, 0.05) is 35.4 Å². The third kappa shape index (κ3) is 3.06. The molecule has 3 heteroatoms. The number of nitrogens with zero attached hydrogens (tertiary/aromatic N) is 1. The zero-order valence-electron chi connectivity index (χ0n) is 10.3. The van der Waals surface area contributed by atoms with Crippen molar-refractivity contribution in [3.63, 3.8) is 0 Å². The molecule has 1 aromatic rings. The first-order valence-corrected chi connectivity index (χ1v) is 7.13. The number of rotatable bonds is 3. The van der Waals surface area contributed by atoms with Gasteiger partial charge in [-0.3, -0.25) is 4.90 Å². The van der Waals surface area contributed by atoms with Gasteiger partial charge in [0.25, 0.3) is 0 Å². The molecular formula is C13H22N2S. The molecule has 0 aliphatic carbocycles. The van der Waals surface area contributed by atoms with Gasteiger partial charge in [0.05, 0.1) is 0 Å². The molecule has 2 nitrogen and oxygen atoms in total. The van der Waals surface area contributed by atoms with Gasteiger partial charge in [0.1, 0.15) is 0 Å². The van der Waals surface area contributed by atoms with E-state index < -0.39 is 0 Å². The number of thiophene rings is 1. The van der Waals surface area contributed by atoms with E-state index >= 15 is 0 Å². The first-order chi connectivity index (χ1) is 7.79. The maximum atomic E-state index is 3.47. The van der Waals surface area contributed by atoms with E-state index in [0.717, 1.165) is 13.1 Å². The molecule has 1 aromatic heterocycles. The van der Waals surface area contributed by atoms with E-state index in [9.17, 15) is 0 Å². The van der Waals surface area contributed by atoms with E-state index in [1.807, 2.05) is 11.3 Å². The van der Waals surface area contributed by atoms with Gasteiger partial charge in [-0.2, -0.15) is 0 Å². The molecule has 1 aliphatic rings. The van der Waals surface area contributed by atoms with Crippen molar-refractivity contribution in [2.75, 3.05) is 19.6 Å². The smallest absolute Gasteiger partial charge is 0.0331 e. The Balaban J connectivity index is 1.96. The van der Waals surface area contributed by atoms with Crippen molar-refractivity contribution in [3.05, 3.63) is 21.9 Å². The van der Waals surface area contributed by atoms with E-state index in [0.29, 0.717) is 6.04 Å². The van der Waals surface area contributed by atoms with Crippen LogP contribution in [0.5, 0.6) is 0 Å². The lowest BCUT2D eigenvalue weighted by atomic mass is 10.2. The standard InChI is InChI=1S/C13H22N2S/c1-3-12-4-5-13(16-12)10-15-9-8-14-7-6-11(15)2/h4-5,11,14H,3,6-10H2,1-2H3. The average molecular weight is 238 g/mol. The molecular weight excluding hydrogens is 216 g/mol. The van der Waals surface area contributed by atoms with Crippen molar-refractivity contribution in [2.24, 2.45) is 0 Å². The van der Waals surface area contributed by atoms with Crippen LogP contribution in [0.1, 0.15) is 30.0 Å². The van der Waals surface area contributed by atoms with Gasteiger partial charge in [-0.1, -0.05) is 6.92 Å². The fraction of sp³-hybridized carbons (Fsp3) is 0.692. The summed E-state index contributed by atoms with van der Waals surface area (Å²) in [4.78, 5) is 5.63. The third-order valence-corrected chi connectivity index (χ3v) is 4.58. The van der Waals surface area contributed by atoms with E-state index in [4.69, 9.17) is 0 Å². The molecule has 0 saturated carbocycles. The molecule has 1 N–H and O–H groups in total. The summed E-state index contributed by atoms with van der Waals surface area (Å²) < 4.78 is 0. The lowest BCUT2D eigenvalue weighted by molar-refractivity contribution is 0.213. The Morgan fingerprint density at radius 3 is 2.94 bits per heavy atom. The van der Waals surface area contributed by atoms with Crippen LogP contribution in [-0.4, -0.2) is 30.6 Å². The van der Waals surface area contributed by atoms with Crippen molar-refractivity contribution < 1.29 is 0 Å². The minimum Gasteiger partial charge on any atom is -0.315 e. The highest BCUT2D eigenvalue weighted by Crippen LogP contribution is 2.20. The Hall–Kier alpha value is -0.380. The van der Waals surface area contributed by atoms with Crippen LogP contribution in [0, 0.1) is 0 Å². The fourth-order valence-corrected chi connectivity index (χ4v) is 3.18. The predicted molar refractivity (Wildman–Crippen MR) is 71.1 cm³/mol. The molecule has 1 atom stereocenters. The van der Waals surface area contributed by atoms with Gasteiger partial charge in [0.15, 0.2) is 0 Å². The lowest BCUT2D eigenvalue weighted by Gasteiger charge is -2.25. The summed E-state index contributed by atoms with van der Waals surface area (Å²) in [5.41, 5.74) is 0. The normalized spacial score (nSPS) is 23.2. The molecule has 1 saturated heterocycles. The Kier molecular flexibility index (Phi) is 4.38. The summed E-state index contributed by atoms with van der Waals surface area (Å²) >= 11 is 1.97. The number of nitrogens with one attached hydrogen (secondary N) is 1. The summed E-state index contributed by atoms with van der Waals surface area (Å²) in [5.74, 6) is 0. The van der Waals surface area contributed by atoms with Crippen molar-refractivity contribution in [1.82, 2.24) is 10.2 Å². The zero-order chi connectivity index (χ0) is 11.4. The third-order valence-electron chi connectivity index (χ3n) is 3.36. The molecule has 90 valence electrons. The summed E-state index contributed by atoms with van der Waals surface area (Å²) in [6, 6.07) is 5.29. The second kappa shape index (κ2) is 5.80. The molecule has 0 spiro atoms. The second-order valence-corrected chi connectivity index (χ2v) is 5.83. The van der Waals surface area contributed by atoms with Gasteiger partial charge in [-0.25, -0.2) is 0 Å². The van der Waals surface area contributed by atoms with E-state index in [-0.39, 0.29) is 0 Å². The Morgan fingerprint density at radius 2 is 2.19 bits per heavy atom. The fourth-order valence-electron chi connectivity index (χ4n) is 2.19. The SMILES string of the molecule is CCc1ccc(CN2CCNCCC2C)s1. The topological polar surface area (TPSA) is 15.3 Å². The van der Waals surface area contributed by atoms with Crippen molar-refractivity contribution in [3.8, 4) is 0 Å². The van der Waals surface area contributed by atoms with E-state index in [1.54, 1.807) is 0 Å². The predicted octanol–water partition coefficient (Wildman–Crippen LogP) is 2.49. The monoisotopic (exact) mass is 238 g/mol. The van der Waals surface area contributed by atoms with Crippen molar-refractivity contribution in [1.29, 1.82) is 0 Å². The first-order valence-electron chi connectivity index (χ1n) is 6.32. The number of hydrogen-bond donors (Lipinski definition) is 1. The van der Waals surface area contributed by atoms with Crippen molar-refractivity contribution >= 4 is 11.3 Å². The highest BCUT2D eigenvalue weighted by atomic mass is 32.1. The highest BCUT2D eigenvalue weighted by molar-refractivity contribution is 7.11. The van der Waals surface area contributed by atoms with Crippen LogP contribution in [-0.2, 0) is 13.0 Å². The second-order valence-electron chi connectivity index (χ2n) is 4.58.